The van der Waals surface area contributed by atoms with Crippen LogP contribution in [0.4, 0.5) is 0 Å². The third kappa shape index (κ3) is 1.44. The van der Waals surface area contributed by atoms with E-state index in [2.05, 4.69) is 35.6 Å². The summed E-state index contributed by atoms with van der Waals surface area (Å²) in [5.74, 6) is 0.980. The van der Waals surface area contributed by atoms with E-state index in [1.54, 1.807) is 18.4 Å². The summed E-state index contributed by atoms with van der Waals surface area (Å²) in [5, 5.41) is 1.31. The van der Waals surface area contributed by atoms with Gasteiger partial charge < -0.3 is 4.74 Å². The second-order valence-corrected chi connectivity index (χ2v) is 5.11. The molecule has 0 unspecified atom stereocenters. The molecule has 1 aromatic heterocycles. The Labute approximate surface area is 94.9 Å². The highest BCUT2D eigenvalue weighted by Crippen LogP contribution is 2.37. The van der Waals surface area contributed by atoms with Crippen LogP contribution in [0.15, 0.2) is 18.2 Å². The molecule has 0 aliphatic carbocycles. The summed E-state index contributed by atoms with van der Waals surface area (Å²) in [6.07, 6.45) is 0. The lowest BCUT2D eigenvalue weighted by Gasteiger charge is -1.99. The number of thiophene rings is 1. The summed E-state index contributed by atoms with van der Waals surface area (Å²) in [5.41, 5.74) is 0. The van der Waals surface area contributed by atoms with E-state index >= 15 is 0 Å². The Morgan fingerprint density at radius 3 is 2.85 bits per heavy atom. The van der Waals surface area contributed by atoms with Gasteiger partial charge in [0.2, 0.25) is 0 Å². The molecule has 2 aromatic rings. The Kier molecular flexibility index (Phi) is 2.47. The molecule has 0 radical (unpaired) electrons. The van der Waals surface area contributed by atoms with Gasteiger partial charge in [0.25, 0.3) is 0 Å². The summed E-state index contributed by atoms with van der Waals surface area (Å²) in [6.45, 7) is 2.14. The maximum absolute atomic E-state index is 5.30. The zero-order valence-corrected chi connectivity index (χ0v) is 10.4. The lowest BCUT2D eigenvalue weighted by molar-refractivity contribution is 0.420. The molecule has 0 atom stereocenters. The average Bonchev–Trinajstić information content (AvgIpc) is 2.43. The number of hydrogen-bond donors (Lipinski definition) is 0. The molecule has 0 N–H and O–H groups in total. The Morgan fingerprint density at radius 1 is 1.38 bits per heavy atom. The predicted octanol–water partition coefficient (Wildman–Crippen LogP) is 3.82. The van der Waals surface area contributed by atoms with Crippen molar-refractivity contribution in [1.82, 2.24) is 0 Å². The number of methoxy groups -OCH3 is 1. The van der Waals surface area contributed by atoms with Crippen LogP contribution in [0.2, 0.25) is 0 Å². The normalized spacial score (nSPS) is 10.7. The molecule has 0 aliphatic heterocycles. The van der Waals surface area contributed by atoms with Crippen LogP contribution < -0.4 is 4.74 Å². The Balaban J connectivity index is 2.84. The highest BCUT2D eigenvalue weighted by Gasteiger charge is 2.09. The van der Waals surface area contributed by atoms with Crippen LogP contribution in [0.3, 0.4) is 0 Å². The van der Waals surface area contributed by atoms with Crippen LogP contribution in [-0.2, 0) is 0 Å². The Hall–Kier alpha value is -0.290. The Bertz CT molecular complexity index is 447. The molecule has 13 heavy (non-hydrogen) atoms. The topological polar surface area (TPSA) is 9.23 Å². The van der Waals surface area contributed by atoms with Gasteiger partial charge in [0, 0.05) is 13.8 Å². The third-order valence-electron chi connectivity index (χ3n) is 2.00. The van der Waals surface area contributed by atoms with Gasteiger partial charge in [-0.05, 0) is 35.6 Å². The van der Waals surface area contributed by atoms with E-state index in [1.165, 1.54) is 18.5 Å². The predicted molar refractivity (Wildman–Crippen MR) is 65.8 cm³/mol. The van der Waals surface area contributed by atoms with Crippen molar-refractivity contribution >= 4 is 44.0 Å². The van der Waals surface area contributed by atoms with Gasteiger partial charge in [-0.2, -0.15) is 0 Å². The molecule has 0 spiro atoms. The minimum absolute atomic E-state index is 0.980. The number of ether oxygens (including phenoxy) is 1. The fraction of sp³-hybridized carbons (Fsp3) is 0.200. The number of halogens is 1. The number of benzene rings is 1. The van der Waals surface area contributed by atoms with Gasteiger partial charge in [-0.15, -0.1) is 11.3 Å². The number of aryl methyl sites for hydroxylation is 1. The molecule has 1 nitrogen and oxygen atoms in total. The van der Waals surface area contributed by atoms with Crippen molar-refractivity contribution < 1.29 is 4.74 Å². The van der Waals surface area contributed by atoms with E-state index in [9.17, 15) is 0 Å². The molecule has 0 amide bonds. The zero-order valence-electron chi connectivity index (χ0n) is 7.43. The van der Waals surface area contributed by atoms with Crippen molar-refractivity contribution in [2.45, 2.75) is 6.92 Å². The molecule has 0 saturated carbocycles. The highest BCUT2D eigenvalue weighted by atomic mass is 127. The summed E-state index contributed by atoms with van der Waals surface area (Å²) in [7, 11) is 1.72. The first-order valence-corrected chi connectivity index (χ1v) is 5.85. The van der Waals surface area contributed by atoms with Crippen molar-refractivity contribution in [1.29, 1.82) is 0 Å². The molecule has 3 heteroatoms. The van der Waals surface area contributed by atoms with E-state index in [4.69, 9.17) is 4.74 Å². The second kappa shape index (κ2) is 3.46. The van der Waals surface area contributed by atoms with E-state index in [0.717, 1.165) is 5.75 Å². The number of rotatable bonds is 1. The first-order chi connectivity index (χ1) is 6.24. The Morgan fingerprint density at radius 2 is 2.15 bits per heavy atom. The molecule has 0 saturated heterocycles. The highest BCUT2D eigenvalue weighted by molar-refractivity contribution is 14.1. The lowest BCUT2D eigenvalue weighted by atomic mass is 10.2. The summed E-state index contributed by atoms with van der Waals surface area (Å²) in [6, 6.07) is 6.19. The maximum atomic E-state index is 5.30. The average molecular weight is 304 g/mol. The molecule has 0 fully saturated rings. The first kappa shape index (κ1) is 9.27. The van der Waals surface area contributed by atoms with Crippen molar-refractivity contribution in [2.75, 3.05) is 7.11 Å². The SMILES string of the molecule is COc1cccc2c(I)c(C)sc12. The molecule has 0 bridgehead atoms. The molecular formula is C10H9IOS. The lowest BCUT2D eigenvalue weighted by Crippen LogP contribution is -1.81. The fourth-order valence-corrected chi connectivity index (χ4v) is 3.34. The summed E-state index contributed by atoms with van der Waals surface area (Å²) >= 11 is 4.18. The van der Waals surface area contributed by atoms with E-state index < -0.39 is 0 Å². The fourth-order valence-electron chi connectivity index (χ4n) is 1.34. The quantitative estimate of drug-likeness (QED) is 0.728. The van der Waals surface area contributed by atoms with Crippen LogP contribution in [0.25, 0.3) is 10.1 Å². The van der Waals surface area contributed by atoms with Crippen LogP contribution in [0.5, 0.6) is 5.75 Å². The van der Waals surface area contributed by atoms with E-state index in [0.29, 0.717) is 0 Å². The molecule has 1 heterocycles. The summed E-state index contributed by atoms with van der Waals surface area (Å²) in [4.78, 5) is 1.36. The van der Waals surface area contributed by atoms with Crippen molar-refractivity contribution in [3.8, 4) is 5.75 Å². The van der Waals surface area contributed by atoms with Gasteiger partial charge in [-0.3, -0.25) is 0 Å². The maximum Gasteiger partial charge on any atom is 0.136 e. The van der Waals surface area contributed by atoms with Gasteiger partial charge in [0.1, 0.15) is 5.75 Å². The van der Waals surface area contributed by atoms with Gasteiger partial charge >= 0.3 is 0 Å². The van der Waals surface area contributed by atoms with Crippen LogP contribution in [-0.4, -0.2) is 7.11 Å². The van der Waals surface area contributed by atoms with E-state index in [-0.39, 0.29) is 0 Å². The van der Waals surface area contributed by atoms with Crippen molar-refractivity contribution in [3.05, 3.63) is 26.6 Å². The van der Waals surface area contributed by atoms with E-state index in [1.807, 2.05) is 12.1 Å². The zero-order chi connectivity index (χ0) is 9.42. The monoisotopic (exact) mass is 304 g/mol. The van der Waals surface area contributed by atoms with Crippen LogP contribution >= 0.6 is 33.9 Å². The van der Waals surface area contributed by atoms with Gasteiger partial charge in [0.05, 0.1) is 11.8 Å². The van der Waals surface area contributed by atoms with Crippen molar-refractivity contribution in [3.63, 3.8) is 0 Å². The van der Waals surface area contributed by atoms with Gasteiger partial charge in [-0.1, -0.05) is 12.1 Å². The van der Waals surface area contributed by atoms with Crippen molar-refractivity contribution in [2.24, 2.45) is 0 Å². The molecular weight excluding hydrogens is 295 g/mol. The third-order valence-corrected chi connectivity index (χ3v) is 4.89. The number of hydrogen-bond acceptors (Lipinski definition) is 2. The van der Waals surface area contributed by atoms with Crippen LogP contribution in [0, 0.1) is 10.5 Å². The smallest absolute Gasteiger partial charge is 0.136 e. The first-order valence-electron chi connectivity index (χ1n) is 3.95. The summed E-state index contributed by atoms with van der Waals surface area (Å²) < 4.78 is 7.90. The minimum atomic E-state index is 0.980. The largest absolute Gasteiger partial charge is 0.495 e. The molecule has 68 valence electrons. The molecule has 1 aromatic carbocycles. The van der Waals surface area contributed by atoms with Crippen LogP contribution in [0.1, 0.15) is 4.88 Å². The molecule has 2 rings (SSSR count). The second-order valence-electron chi connectivity index (χ2n) is 2.81. The van der Waals surface area contributed by atoms with Gasteiger partial charge in [0.15, 0.2) is 0 Å². The number of fused-ring (bicyclic) bond motifs is 1. The standard InChI is InChI=1S/C10H9IOS/c1-6-9(11)7-4-3-5-8(12-2)10(7)13-6/h3-5H,1-2H3. The molecule has 0 aliphatic rings. The minimum Gasteiger partial charge on any atom is -0.495 e. The van der Waals surface area contributed by atoms with Gasteiger partial charge in [-0.25, -0.2) is 0 Å².